The zero-order valence-electron chi connectivity index (χ0n) is 13.2. The molecule has 0 saturated carbocycles. The zero-order chi connectivity index (χ0) is 16.6. The zero-order valence-corrected chi connectivity index (χ0v) is 14.0. The average Bonchev–Trinajstić information content (AvgIpc) is 2.54. The van der Waals surface area contributed by atoms with Crippen molar-refractivity contribution >= 4 is 27.3 Å². The highest BCUT2D eigenvalue weighted by Crippen LogP contribution is 2.32. The van der Waals surface area contributed by atoms with Crippen LogP contribution in [-0.4, -0.2) is 51.0 Å². The van der Waals surface area contributed by atoms with Gasteiger partial charge in [-0.2, -0.15) is 4.31 Å². The number of anilines is 2. The minimum Gasteiger partial charge on any atom is -0.379 e. The average molecular weight is 339 g/mol. The number of sulfonamides is 1. The highest BCUT2D eigenvalue weighted by molar-refractivity contribution is 7.89. The van der Waals surface area contributed by atoms with Gasteiger partial charge < -0.3 is 15.4 Å². The molecule has 1 atom stereocenters. The van der Waals surface area contributed by atoms with E-state index in [4.69, 9.17) is 4.74 Å². The summed E-state index contributed by atoms with van der Waals surface area (Å²) in [7, 11) is -3.57. The number of ether oxygens (including phenoxy) is 1. The lowest BCUT2D eigenvalue weighted by molar-refractivity contribution is -0.117. The van der Waals surface area contributed by atoms with Gasteiger partial charge in [-0.1, -0.05) is 13.8 Å². The topological polar surface area (TPSA) is 87.7 Å². The summed E-state index contributed by atoms with van der Waals surface area (Å²) in [6.45, 7) is 5.41. The van der Waals surface area contributed by atoms with Gasteiger partial charge in [0.05, 0.1) is 29.5 Å². The quantitative estimate of drug-likeness (QED) is 0.861. The van der Waals surface area contributed by atoms with Gasteiger partial charge in [0, 0.05) is 13.1 Å². The van der Waals surface area contributed by atoms with Crippen LogP contribution in [0.4, 0.5) is 11.4 Å². The highest BCUT2D eigenvalue weighted by Gasteiger charge is 2.31. The number of nitrogens with zero attached hydrogens (tertiary/aromatic N) is 1. The van der Waals surface area contributed by atoms with E-state index >= 15 is 0 Å². The third-order valence-corrected chi connectivity index (χ3v) is 6.01. The number of nitrogens with one attached hydrogen (secondary N) is 2. The number of amides is 1. The van der Waals surface area contributed by atoms with Crippen LogP contribution < -0.4 is 10.6 Å². The lowest BCUT2D eigenvalue weighted by Gasteiger charge is -2.30. The molecule has 1 saturated heterocycles. The maximum atomic E-state index is 12.7. The molecule has 7 nitrogen and oxygen atoms in total. The molecule has 2 heterocycles. The molecule has 8 heteroatoms. The van der Waals surface area contributed by atoms with Crippen LogP contribution in [0.1, 0.15) is 13.8 Å². The maximum Gasteiger partial charge on any atom is 0.247 e. The number of morpholine rings is 1. The van der Waals surface area contributed by atoms with Crippen molar-refractivity contribution in [3.8, 4) is 0 Å². The number of hydrogen-bond acceptors (Lipinski definition) is 5. The Kier molecular flexibility index (Phi) is 4.31. The minimum atomic E-state index is -3.57. The van der Waals surface area contributed by atoms with Gasteiger partial charge in [-0.25, -0.2) is 8.42 Å². The smallest absolute Gasteiger partial charge is 0.247 e. The van der Waals surface area contributed by atoms with E-state index in [0.717, 1.165) is 5.69 Å². The molecule has 0 aliphatic carbocycles. The van der Waals surface area contributed by atoms with Crippen molar-refractivity contribution in [2.24, 2.45) is 5.92 Å². The summed E-state index contributed by atoms with van der Waals surface area (Å²) in [4.78, 5) is 12.3. The molecule has 0 bridgehead atoms. The van der Waals surface area contributed by atoms with Gasteiger partial charge in [-0.05, 0) is 24.1 Å². The predicted molar refractivity (Wildman–Crippen MR) is 86.9 cm³/mol. The Morgan fingerprint density at radius 2 is 1.91 bits per heavy atom. The molecular weight excluding hydrogens is 318 g/mol. The Bertz CT molecular complexity index is 711. The van der Waals surface area contributed by atoms with Crippen molar-refractivity contribution in [1.29, 1.82) is 0 Å². The number of benzene rings is 1. The van der Waals surface area contributed by atoms with E-state index in [9.17, 15) is 13.2 Å². The van der Waals surface area contributed by atoms with Crippen LogP contribution in [-0.2, 0) is 19.6 Å². The second-order valence-corrected chi connectivity index (χ2v) is 8.02. The molecule has 0 aromatic heterocycles. The van der Waals surface area contributed by atoms with Crippen molar-refractivity contribution in [2.75, 3.05) is 36.9 Å². The summed E-state index contributed by atoms with van der Waals surface area (Å²) in [5.41, 5.74) is 1.24. The summed E-state index contributed by atoms with van der Waals surface area (Å²) < 4.78 is 31.9. The summed E-state index contributed by atoms with van der Waals surface area (Å²) in [5.74, 6) is -0.00618. The number of fused-ring (bicyclic) bond motifs is 1. The fraction of sp³-hybridized carbons (Fsp3) is 0.533. The molecule has 2 N–H and O–H groups in total. The van der Waals surface area contributed by atoms with Gasteiger partial charge >= 0.3 is 0 Å². The van der Waals surface area contributed by atoms with E-state index < -0.39 is 10.0 Å². The number of rotatable bonds is 3. The van der Waals surface area contributed by atoms with Gasteiger partial charge in [-0.3, -0.25) is 4.79 Å². The van der Waals surface area contributed by atoms with E-state index in [1.165, 1.54) is 10.4 Å². The monoisotopic (exact) mass is 339 g/mol. The number of hydrogen-bond donors (Lipinski definition) is 2. The van der Waals surface area contributed by atoms with E-state index in [1.54, 1.807) is 12.1 Å². The van der Waals surface area contributed by atoms with Crippen molar-refractivity contribution in [1.82, 2.24) is 4.31 Å². The lowest BCUT2D eigenvalue weighted by atomic mass is 10.0. The maximum absolute atomic E-state index is 12.7. The Labute approximate surface area is 136 Å². The lowest BCUT2D eigenvalue weighted by Crippen LogP contribution is -2.43. The molecule has 1 amide bonds. The van der Waals surface area contributed by atoms with Gasteiger partial charge in [-0.15, -0.1) is 0 Å². The Morgan fingerprint density at radius 3 is 2.57 bits per heavy atom. The summed E-state index contributed by atoms with van der Waals surface area (Å²) in [6, 6.07) is 4.48. The minimum absolute atomic E-state index is 0.139. The summed E-state index contributed by atoms with van der Waals surface area (Å²) in [6.07, 6.45) is 0. The van der Waals surface area contributed by atoms with Crippen LogP contribution in [0.2, 0.25) is 0 Å². The van der Waals surface area contributed by atoms with Gasteiger partial charge in [0.15, 0.2) is 0 Å². The Balaban J connectivity index is 1.90. The van der Waals surface area contributed by atoms with Crippen LogP contribution in [0, 0.1) is 5.92 Å². The molecule has 1 aromatic carbocycles. The number of carbonyl (C=O) groups excluding carboxylic acids is 1. The fourth-order valence-corrected chi connectivity index (χ4v) is 4.20. The van der Waals surface area contributed by atoms with Crippen molar-refractivity contribution in [2.45, 2.75) is 24.8 Å². The first-order valence-electron chi connectivity index (χ1n) is 7.69. The van der Waals surface area contributed by atoms with Crippen LogP contribution in [0.15, 0.2) is 23.1 Å². The van der Waals surface area contributed by atoms with Gasteiger partial charge in [0.1, 0.15) is 6.04 Å². The van der Waals surface area contributed by atoms with E-state index in [1.807, 2.05) is 13.8 Å². The van der Waals surface area contributed by atoms with Gasteiger partial charge in [0.2, 0.25) is 15.9 Å². The largest absolute Gasteiger partial charge is 0.379 e. The second-order valence-electron chi connectivity index (χ2n) is 6.08. The first-order chi connectivity index (χ1) is 10.9. The molecule has 0 unspecified atom stereocenters. The summed E-state index contributed by atoms with van der Waals surface area (Å²) >= 11 is 0. The molecule has 3 rings (SSSR count). The van der Waals surface area contributed by atoms with E-state index in [0.29, 0.717) is 32.0 Å². The molecule has 2 aliphatic rings. The first kappa shape index (κ1) is 16.2. The predicted octanol–water partition coefficient (Wildman–Crippen LogP) is 1.10. The third kappa shape index (κ3) is 3.06. The molecule has 2 aliphatic heterocycles. The molecule has 1 fully saturated rings. The molecule has 23 heavy (non-hydrogen) atoms. The molecule has 0 spiro atoms. The molecular formula is C15H21N3O4S. The highest BCUT2D eigenvalue weighted by atomic mass is 32.2. The van der Waals surface area contributed by atoms with Crippen molar-refractivity contribution < 1.29 is 17.9 Å². The van der Waals surface area contributed by atoms with Crippen LogP contribution in [0.3, 0.4) is 0 Å². The molecule has 1 aromatic rings. The Hall–Kier alpha value is -1.64. The summed E-state index contributed by atoms with van der Waals surface area (Å²) in [5, 5.41) is 5.96. The van der Waals surface area contributed by atoms with Crippen LogP contribution in [0.25, 0.3) is 0 Å². The van der Waals surface area contributed by atoms with Crippen LogP contribution >= 0.6 is 0 Å². The second kappa shape index (κ2) is 6.10. The van der Waals surface area contributed by atoms with Crippen LogP contribution in [0.5, 0.6) is 0 Å². The third-order valence-electron chi connectivity index (χ3n) is 4.12. The number of carbonyl (C=O) groups is 1. The molecule has 0 radical (unpaired) electrons. The Morgan fingerprint density at radius 1 is 1.22 bits per heavy atom. The first-order valence-corrected chi connectivity index (χ1v) is 9.13. The van der Waals surface area contributed by atoms with Crippen molar-refractivity contribution in [3.05, 3.63) is 18.2 Å². The fourth-order valence-electron chi connectivity index (χ4n) is 2.76. The van der Waals surface area contributed by atoms with E-state index in [2.05, 4.69) is 10.6 Å². The van der Waals surface area contributed by atoms with E-state index in [-0.39, 0.29) is 22.8 Å². The molecule has 126 valence electrons. The van der Waals surface area contributed by atoms with Gasteiger partial charge in [0.25, 0.3) is 0 Å². The normalized spacial score (nSPS) is 22.4. The standard InChI is InChI=1S/C15H21N3O4S/c1-10(2)14-15(19)17-13-9-11(3-4-12(13)16-14)23(20,21)18-5-7-22-8-6-18/h3-4,9-10,14,16H,5-8H2,1-2H3,(H,17,19)/t14-/m0/s1. The SMILES string of the molecule is CC(C)[C@@H]1Nc2ccc(S(=O)(=O)N3CCOCC3)cc2NC1=O. The van der Waals surface area contributed by atoms with Crippen molar-refractivity contribution in [3.63, 3.8) is 0 Å².